The molecule has 4 N–H and O–H groups in total. The van der Waals surface area contributed by atoms with Gasteiger partial charge in [-0.25, -0.2) is 0 Å². The van der Waals surface area contributed by atoms with Crippen molar-refractivity contribution in [2.24, 2.45) is 11.1 Å². The second kappa shape index (κ2) is 3.79. The van der Waals surface area contributed by atoms with Gasteiger partial charge in [-0.15, -0.1) is 0 Å². The predicted octanol–water partition coefficient (Wildman–Crippen LogP) is 0.722. The minimum atomic E-state index is -0.536. The number of nitrogens with two attached hydrogens (primary N) is 1. The molecular formula is C9H16N4O. The summed E-state index contributed by atoms with van der Waals surface area (Å²) >= 11 is 0. The summed E-state index contributed by atoms with van der Waals surface area (Å²) in [6, 6.07) is 1.14. The van der Waals surface area contributed by atoms with E-state index >= 15 is 0 Å². The lowest BCUT2D eigenvalue weighted by molar-refractivity contribution is -0.119. The average molecular weight is 196 g/mol. The molecule has 0 radical (unpaired) electrons. The monoisotopic (exact) mass is 196 g/mol. The second-order valence-electron chi connectivity index (χ2n) is 4.30. The number of carbonyl (C=O) groups excluding carboxylic acids is 1. The highest BCUT2D eigenvalue weighted by molar-refractivity contribution is 5.94. The minimum Gasteiger partial charge on any atom is -0.319 e. The summed E-state index contributed by atoms with van der Waals surface area (Å²) in [5.74, 6) is 0.358. The van der Waals surface area contributed by atoms with Crippen LogP contribution in [0, 0.1) is 5.41 Å². The van der Waals surface area contributed by atoms with Gasteiger partial charge in [0.25, 0.3) is 0 Å². The van der Waals surface area contributed by atoms with Gasteiger partial charge < -0.3 is 11.1 Å². The van der Waals surface area contributed by atoms with Crippen molar-refractivity contribution in [3.05, 3.63) is 12.3 Å². The van der Waals surface area contributed by atoms with Crippen molar-refractivity contribution in [3.63, 3.8) is 0 Å². The molecule has 0 unspecified atom stereocenters. The summed E-state index contributed by atoms with van der Waals surface area (Å²) in [7, 11) is 0. The molecule has 0 aromatic carbocycles. The van der Waals surface area contributed by atoms with Crippen LogP contribution in [-0.4, -0.2) is 22.1 Å². The normalized spacial score (nSPS) is 13.7. The molecular weight excluding hydrogens is 180 g/mol. The molecule has 78 valence electrons. The summed E-state index contributed by atoms with van der Waals surface area (Å²) in [4.78, 5) is 11.6. The highest BCUT2D eigenvalue weighted by Gasteiger charge is 2.27. The van der Waals surface area contributed by atoms with Crippen LogP contribution in [0.5, 0.6) is 0 Å². The second-order valence-corrected chi connectivity index (χ2v) is 4.30. The fourth-order valence-corrected chi connectivity index (χ4v) is 0.929. The van der Waals surface area contributed by atoms with Crippen molar-refractivity contribution in [2.75, 3.05) is 5.32 Å². The molecule has 1 aromatic rings. The van der Waals surface area contributed by atoms with Gasteiger partial charge in [0.15, 0.2) is 0 Å². The van der Waals surface area contributed by atoms with Gasteiger partial charge in [-0.05, 0) is 5.41 Å². The Labute approximate surface area is 83.1 Å². The van der Waals surface area contributed by atoms with Crippen LogP contribution in [0.25, 0.3) is 0 Å². The van der Waals surface area contributed by atoms with E-state index in [4.69, 9.17) is 5.73 Å². The first kappa shape index (κ1) is 10.7. The molecule has 0 spiro atoms. The number of nitrogens with zero attached hydrogens (tertiary/aromatic N) is 1. The van der Waals surface area contributed by atoms with E-state index in [0.717, 1.165) is 0 Å². The number of aromatic nitrogens is 2. The Hall–Kier alpha value is -1.36. The number of amides is 1. The molecule has 1 atom stereocenters. The Bertz CT molecular complexity index is 299. The highest BCUT2D eigenvalue weighted by atomic mass is 16.2. The lowest BCUT2D eigenvalue weighted by Crippen LogP contribution is -2.45. The number of H-pyrrole nitrogens is 1. The quantitative estimate of drug-likeness (QED) is 0.651. The maximum Gasteiger partial charge on any atom is 0.242 e. The zero-order valence-corrected chi connectivity index (χ0v) is 8.66. The van der Waals surface area contributed by atoms with Crippen molar-refractivity contribution < 1.29 is 4.79 Å². The molecule has 0 saturated carbocycles. The zero-order valence-electron chi connectivity index (χ0n) is 8.66. The Kier molecular flexibility index (Phi) is 2.90. The first-order chi connectivity index (χ1) is 6.41. The molecule has 0 aliphatic carbocycles. The maximum atomic E-state index is 11.6. The Morgan fingerprint density at radius 1 is 1.64 bits per heavy atom. The first-order valence-electron chi connectivity index (χ1n) is 4.47. The molecule has 1 rings (SSSR count). The Balaban J connectivity index is 2.59. The summed E-state index contributed by atoms with van der Waals surface area (Å²) in [6.07, 6.45) is 1.57. The van der Waals surface area contributed by atoms with Gasteiger partial charge in [-0.2, -0.15) is 5.10 Å². The summed E-state index contributed by atoms with van der Waals surface area (Å²) in [5, 5.41) is 9.00. The van der Waals surface area contributed by atoms with E-state index in [-0.39, 0.29) is 11.3 Å². The van der Waals surface area contributed by atoms with Crippen LogP contribution in [0.15, 0.2) is 12.3 Å². The van der Waals surface area contributed by atoms with Gasteiger partial charge in [0.2, 0.25) is 5.91 Å². The van der Waals surface area contributed by atoms with Crippen LogP contribution in [0.2, 0.25) is 0 Å². The molecule has 0 fully saturated rings. The van der Waals surface area contributed by atoms with E-state index in [9.17, 15) is 4.79 Å². The molecule has 1 amide bonds. The van der Waals surface area contributed by atoms with E-state index in [2.05, 4.69) is 15.5 Å². The van der Waals surface area contributed by atoms with Crippen LogP contribution < -0.4 is 11.1 Å². The Morgan fingerprint density at radius 2 is 2.29 bits per heavy atom. The number of rotatable bonds is 2. The molecule has 14 heavy (non-hydrogen) atoms. The average Bonchev–Trinajstić information content (AvgIpc) is 2.53. The molecule has 0 saturated heterocycles. The fraction of sp³-hybridized carbons (Fsp3) is 0.556. The Morgan fingerprint density at radius 3 is 2.71 bits per heavy atom. The number of nitrogens with one attached hydrogen (secondary N) is 2. The number of carbonyl (C=O) groups is 1. The van der Waals surface area contributed by atoms with Crippen molar-refractivity contribution in [1.82, 2.24) is 10.2 Å². The van der Waals surface area contributed by atoms with Crippen LogP contribution in [0.3, 0.4) is 0 Å². The molecule has 0 aliphatic heterocycles. The molecule has 1 aromatic heterocycles. The fourth-order valence-electron chi connectivity index (χ4n) is 0.929. The molecule has 5 nitrogen and oxygen atoms in total. The molecule has 5 heteroatoms. The summed E-state index contributed by atoms with van der Waals surface area (Å²) in [6.45, 7) is 5.76. The molecule has 0 aliphatic rings. The van der Waals surface area contributed by atoms with Crippen LogP contribution in [-0.2, 0) is 4.79 Å². The largest absolute Gasteiger partial charge is 0.319 e. The van der Waals surface area contributed by atoms with Gasteiger partial charge in [0.05, 0.1) is 12.2 Å². The summed E-state index contributed by atoms with van der Waals surface area (Å²) < 4.78 is 0. The van der Waals surface area contributed by atoms with Gasteiger partial charge in [0.1, 0.15) is 5.82 Å². The van der Waals surface area contributed by atoms with E-state index in [1.54, 1.807) is 12.3 Å². The van der Waals surface area contributed by atoms with E-state index < -0.39 is 6.04 Å². The SMILES string of the molecule is CC(C)(C)[C@H](N)C(=O)Nc1ccn[nH]1. The zero-order chi connectivity index (χ0) is 10.8. The third-order valence-corrected chi connectivity index (χ3v) is 1.97. The standard InChI is InChI=1S/C9H16N4O/c1-9(2,3)7(10)8(14)12-6-4-5-11-13-6/h4-5,7H,10H2,1-3H3,(H2,11,12,13,14)/t7-/m1/s1. The van der Waals surface area contributed by atoms with Gasteiger partial charge >= 0.3 is 0 Å². The summed E-state index contributed by atoms with van der Waals surface area (Å²) in [5.41, 5.74) is 5.52. The van der Waals surface area contributed by atoms with Crippen molar-refractivity contribution in [2.45, 2.75) is 26.8 Å². The lowest BCUT2D eigenvalue weighted by atomic mass is 9.87. The number of hydrogen-bond acceptors (Lipinski definition) is 3. The van der Waals surface area contributed by atoms with Crippen molar-refractivity contribution >= 4 is 11.7 Å². The van der Waals surface area contributed by atoms with Crippen molar-refractivity contribution in [1.29, 1.82) is 0 Å². The third-order valence-electron chi connectivity index (χ3n) is 1.97. The number of hydrogen-bond donors (Lipinski definition) is 3. The van der Waals surface area contributed by atoms with Crippen LogP contribution >= 0.6 is 0 Å². The first-order valence-corrected chi connectivity index (χ1v) is 4.47. The van der Waals surface area contributed by atoms with Crippen molar-refractivity contribution in [3.8, 4) is 0 Å². The van der Waals surface area contributed by atoms with Gasteiger partial charge in [-0.3, -0.25) is 9.89 Å². The third kappa shape index (κ3) is 2.56. The lowest BCUT2D eigenvalue weighted by Gasteiger charge is -2.25. The number of aromatic amines is 1. The smallest absolute Gasteiger partial charge is 0.242 e. The molecule has 1 heterocycles. The van der Waals surface area contributed by atoms with Crippen LogP contribution in [0.1, 0.15) is 20.8 Å². The minimum absolute atomic E-state index is 0.207. The van der Waals surface area contributed by atoms with Gasteiger partial charge in [-0.1, -0.05) is 20.8 Å². The maximum absolute atomic E-state index is 11.6. The highest BCUT2D eigenvalue weighted by Crippen LogP contribution is 2.18. The number of anilines is 1. The van der Waals surface area contributed by atoms with E-state index in [1.165, 1.54) is 0 Å². The molecule has 0 bridgehead atoms. The van der Waals surface area contributed by atoms with E-state index in [1.807, 2.05) is 20.8 Å². The van der Waals surface area contributed by atoms with E-state index in [0.29, 0.717) is 5.82 Å². The van der Waals surface area contributed by atoms with Gasteiger partial charge in [0, 0.05) is 6.07 Å². The topological polar surface area (TPSA) is 83.8 Å². The van der Waals surface area contributed by atoms with Crippen LogP contribution in [0.4, 0.5) is 5.82 Å². The predicted molar refractivity (Wildman–Crippen MR) is 54.6 cm³/mol.